The van der Waals surface area contributed by atoms with Crippen LogP contribution in [-0.4, -0.2) is 49.4 Å². The van der Waals surface area contributed by atoms with Crippen LogP contribution in [0.1, 0.15) is 23.8 Å². The molecule has 4 nitrogen and oxygen atoms in total. The molecule has 1 amide bonds. The van der Waals surface area contributed by atoms with Crippen molar-refractivity contribution in [3.63, 3.8) is 0 Å². The van der Waals surface area contributed by atoms with E-state index in [9.17, 15) is 4.79 Å². The fourth-order valence-electron chi connectivity index (χ4n) is 1.79. The zero-order valence-electron chi connectivity index (χ0n) is 12.5. The molecule has 20 heavy (non-hydrogen) atoms. The van der Waals surface area contributed by atoms with Crippen LogP contribution in [0.25, 0.3) is 0 Å². The van der Waals surface area contributed by atoms with Gasteiger partial charge in [0, 0.05) is 31.1 Å². The maximum atomic E-state index is 11.9. The van der Waals surface area contributed by atoms with E-state index >= 15 is 0 Å². The van der Waals surface area contributed by atoms with E-state index in [1.165, 1.54) is 4.88 Å². The lowest BCUT2D eigenvalue weighted by Crippen LogP contribution is -2.36. The van der Waals surface area contributed by atoms with Crippen molar-refractivity contribution in [1.29, 1.82) is 0 Å². The number of likely N-dealkylation sites (N-methyl/N-ethyl adjacent to an activating group) is 1. The number of amides is 1. The molecular weight excluding hydrogens is 270 g/mol. The summed E-state index contributed by atoms with van der Waals surface area (Å²) in [6, 6.07) is 2.01. The van der Waals surface area contributed by atoms with Crippen molar-refractivity contribution in [2.24, 2.45) is 5.73 Å². The molecule has 0 radical (unpaired) electrons. The van der Waals surface area contributed by atoms with Gasteiger partial charge in [-0.2, -0.15) is 0 Å². The molecule has 0 atom stereocenters. The Balaban J connectivity index is 2.75. The highest BCUT2D eigenvalue weighted by molar-refractivity contribution is 7.10. The van der Waals surface area contributed by atoms with Crippen LogP contribution in [0.15, 0.2) is 11.4 Å². The quantitative estimate of drug-likeness (QED) is 0.806. The van der Waals surface area contributed by atoms with Crippen LogP contribution in [0.4, 0.5) is 0 Å². The van der Waals surface area contributed by atoms with E-state index in [-0.39, 0.29) is 5.91 Å². The van der Waals surface area contributed by atoms with Gasteiger partial charge in [-0.15, -0.1) is 11.3 Å². The molecule has 0 unspecified atom stereocenters. The minimum absolute atomic E-state index is 0.129. The molecule has 1 aromatic heterocycles. The molecule has 5 heteroatoms. The normalized spacial score (nSPS) is 10.2. The third-order valence-electron chi connectivity index (χ3n) is 2.84. The Kier molecular flexibility index (Phi) is 7.31. The molecule has 1 heterocycles. The molecule has 0 aliphatic rings. The number of carbonyl (C=O) groups excluding carboxylic acids is 1. The molecule has 0 spiro atoms. The van der Waals surface area contributed by atoms with Crippen molar-refractivity contribution in [2.45, 2.75) is 19.9 Å². The summed E-state index contributed by atoms with van der Waals surface area (Å²) in [6.45, 7) is 4.60. The van der Waals surface area contributed by atoms with E-state index in [0.717, 1.165) is 25.1 Å². The van der Waals surface area contributed by atoms with Crippen LogP contribution >= 0.6 is 11.3 Å². The number of thiophene rings is 1. The van der Waals surface area contributed by atoms with Gasteiger partial charge in [0.25, 0.3) is 0 Å². The summed E-state index contributed by atoms with van der Waals surface area (Å²) < 4.78 is 0. The zero-order valence-corrected chi connectivity index (χ0v) is 13.3. The van der Waals surface area contributed by atoms with Gasteiger partial charge in [0.15, 0.2) is 0 Å². The van der Waals surface area contributed by atoms with Crippen LogP contribution in [0.2, 0.25) is 0 Å². The Morgan fingerprint density at radius 2 is 2.20 bits per heavy atom. The van der Waals surface area contributed by atoms with Crippen LogP contribution in [0.3, 0.4) is 0 Å². The van der Waals surface area contributed by atoms with Gasteiger partial charge in [-0.3, -0.25) is 9.69 Å². The third kappa shape index (κ3) is 5.33. The zero-order chi connectivity index (χ0) is 15.0. The highest BCUT2D eigenvalue weighted by Crippen LogP contribution is 2.18. The smallest absolute Gasteiger partial charge is 0.236 e. The summed E-state index contributed by atoms with van der Waals surface area (Å²) in [5.41, 5.74) is 6.44. The largest absolute Gasteiger partial charge is 0.348 e. The molecule has 0 aromatic carbocycles. The molecule has 0 aliphatic heterocycles. The molecule has 1 aromatic rings. The summed E-state index contributed by atoms with van der Waals surface area (Å²) in [5, 5.41) is 2.04. The van der Waals surface area contributed by atoms with Gasteiger partial charge in [0.2, 0.25) is 5.91 Å². The molecule has 0 fully saturated rings. The number of carbonyl (C=O) groups is 1. The molecule has 0 aliphatic carbocycles. The predicted molar refractivity (Wildman–Crippen MR) is 84.5 cm³/mol. The van der Waals surface area contributed by atoms with Gasteiger partial charge in [0.1, 0.15) is 0 Å². The highest BCUT2D eigenvalue weighted by atomic mass is 32.1. The fourth-order valence-corrected chi connectivity index (χ4v) is 2.66. The molecule has 0 saturated carbocycles. The fraction of sp³-hybridized carbons (Fsp3) is 0.533. The first kappa shape index (κ1) is 16.7. The summed E-state index contributed by atoms with van der Waals surface area (Å²) in [4.78, 5) is 16.9. The number of rotatable bonds is 6. The first-order valence-corrected chi connectivity index (χ1v) is 7.64. The van der Waals surface area contributed by atoms with Crippen molar-refractivity contribution >= 4 is 17.2 Å². The topological polar surface area (TPSA) is 49.6 Å². The van der Waals surface area contributed by atoms with Gasteiger partial charge in [-0.1, -0.05) is 18.8 Å². The monoisotopic (exact) mass is 293 g/mol. The molecule has 2 N–H and O–H groups in total. The van der Waals surface area contributed by atoms with Crippen LogP contribution in [0, 0.1) is 11.8 Å². The first-order chi connectivity index (χ1) is 9.58. The second kappa shape index (κ2) is 8.75. The molecule has 0 bridgehead atoms. The van der Waals surface area contributed by atoms with Crippen molar-refractivity contribution in [1.82, 2.24) is 9.80 Å². The lowest BCUT2D eigenvalue weighted by atomic mass is 10.2. The van der Waals surface area contributed by atoms with E-state index in [4.69, 9.17) is 5.73 Å². The van der Waals surface area contributed by atoms with E-state index in [1.54, 1.807) is 30.3 Å². The third-order valence-corrected chi connectivity index (χ3v) is 3.74. The Hall–Kier alpha value is -1.35. The van der Waals surface area contributed by atoms with Gasteiger partial charge < -0.3 is 10.6 Å². The SMILES string of the molecule is CCCN(CC(=O)N(C)C)Cc1sccc1C#CCN. The lowest BCUT2D eigenvalue weighted by molar-refractivity contribution is -0.130. The van der Waals surface area contributed by atoms with Crippen LogP contribution in [0.5, 0.6) is 0 Å². The average Bonchev–Trinajstić information content (AvgIpc) is 2.83. The Morgan fingerprint density at radius 1 is 1.45 bits per heavy atom. The van der Waals surface area contributed by atoms with Gasteiger partial charge in [-0.25, -0.2) is 0 Å². The first-order valence-electron chi connectivity index (χ1n) is 6.76. The van der Waals surface area contributed by atoms with Gasteiger partial charge in [-0.05, 0) is 24.4 Å². The maximum absolute atomic E-state index is 11.9. The number of hydrogen-bond donors (Lipinski definition) is 1. The maximum Gasteiger partial charge on any atom is 0.236 e. The predicted octanol–water partition coefficient (Wildman–Crippen LogP) is 1.36. The Bertz CT molecular complexity index is 485. The molecule has 110 valence electrons. The van der Waals surface area contributed by atoms with Crippen molar-refractivity contribution in [3.05, 3.63) is 21.9 Å². The summed E-state index contributed by atoms with van der Waals surface area (Å²) >= 11 is 1.68. The minimum atomic E-state index is 0.129. The Labute approximate surface area is 125 Å². The number of hydrogen-bond acceptors (Lipinski definition) is 4. The van der Waals surface area contributed by atoms with E-state index in [0.29, 0.717) is 13.1 Å². The summed E-state index contributed by atoms with van der Waals surface area (Å²) in [6.07, 6.45) is 1.02. The Morgan fingerprint density at radius 3 is 2.80 bits per heavy atom. The molecular formula is C15H23N3OS. The van der Waals surface area contributed by atoms with Crippen molar-refractivity contribution in [3.8, 4) is 11.8 Å². The summed E-state index contributed by atoms with van der Waals surface area (Å²) in [5.74, 6) is 6.11. The minimum Gasteiger partial charge on any atom is -0.348 e. The van der Waals surface area contributed by atoms with Crippen LogP contribution in [-0.2, 0) is 11.3 Å². The van der Waals surface area contributed by atoms with Crippen LogP contribution < -0.4 is 5.73 Å². The number of nitrogens with zero attached hydrogens (tertiary/aromatic N) is 2. The van der Waals surface area contributed by atoms with Crippen molar-refractivity contribution < 1.29 is 4.79 Å². The van der Waals surface area contributed by atoms with Crippen molar-refractivity contribution in [2.75, 3.05) is 33.7 Å². The molecule has 0 saturated heterocycles. The second-order valence-electron chi connectivity index (χ2n) is 4.76. The van der Waals surface area contributed by atoms with Gasteiger partial charge in [0.05, 0.1) is 13.1 Å². The van der Waals surface area contributed by atoms with E-state index in [1.807, 2.05) is 11.4 Å². The summed E-state index contributed by atoms with van der Waals surface area (Å²) in [7, 11) is 3.57. The average molecular weight is 293 g/mol. The van der Waals surface area contributed by atoms with E-state index < -0.39 is 0 Å². The van der Waals surface area contributed by atoms with E-state index in [2.05, 4.69) is 23.7 Å². The molecule has 1 rings (SSSR count). The standard InChI is InChI=1S/C15H23N3OS/c1-4-9-18(12-15(19)17(2)3)11-14-13(6-5-8-16)7-10-20-14/h7,10H,4,8-9,11-12,16H2,1-3H3. The van der Waals surface area contributed by atoms with Gasteiger partial charge >= 0.3 is 0 Å². The lowest BCUT2D eigenvalue weighted by Gasteiger charge is -2.22. The highest BCUT2D eigenvalue weighted by Gasteiger charge is 2.14. The second-order valence-corrected chi connectivity index (χ2v) is 5.76. The number of nitrogens with two attached hydrogens (primary N) is 1.